The normalized spacial score (nSPS) is 11.5. The van der Waals surface area contributed by atoms with E-state index in [-0.39, 0.29) is 0 Å². The Bertz CT molecular complexity index is 2430. The second-order valence-corrected chi connectivity index (χ2v) is 13.8. The Balaban J connectivity index is 1.46. The highest BCUT2D eigenvalue weighted by Gasteiger charge is 2.22. The largest absolute Gasteiger partial charge is 0.293 e. The molecule has 0 radical (unpaired) electrons. The van der Waals surface area contributed by atoms with Crippen LogP contribution in [-0.2, 0) is 0 Å². The minimum atomic E-state index is 0.367. The van der Waals surface area contributed by atoms with Crippen molar-refractivity contribution in [3.8, 4) is 33.4 Å². The first-order chi connectivity index (χ1) is 23.4. The maximum Gasteiger partial charge on any atom is 0.101 e. The zero-order chi connectivity index (χ0) is 32.9. The summed E-state index contributed by atoms with van der Waals surface area (Å²) in [5, 5.41) is 26.0. The summed E-state index contributed by atoms with van der Waals surface area (Å²) in [6.45, 7) is 6.37. The van der Waals surface area contributed by atoms with Crippen molar-refractivity contribution in [3.63, 3.8) is 0 Å². The van der Waals surface area contributed by atoms with Crippen LogP contribution in [-0.4, -0.2) is 10.1 Å². The molecule has 230 valence electrons. The molecule has 8 aromatic carbocycles. The second-order valence-electron chi connectivity index (χ2n) is 12.7. The minimum Gasteiger partial charge on any atom is -0.293 e. The van der Waals surface area contributed by atoms with E-state index in [0.29, 0.717) is 10.1 Å². The first kappa shape index (κ1) is 29.9. The molecule has 48 heavy (non-hydrogen) atoms. The highest BCUT2D eigenvalue weighted by atomic mass is 32.2. The molecule has 0 aromatic heterocycles. The van der Waals surface area contributed by atoms with E-state index in [1.165, 1.54) is 72.3 Å². The molecule has 2 N–H and O–H groups in total. The van der Waals surface area contributed by atoms with Gasteiger partial charge in [-0.05, 0) is 98.6 Å². The standard InChI is InChI=1S/C45H34N2S/c1-27-9-15-30(16-10-27)38-25-39(31-17-11-28(2)12-18-31)35-23-24-37-41(45(47)48-44(46)33-7-5-4-6-8-33)26-40(32-19-13-29(3)14-20-32)36-22-21-34(38)42(35)43(36)37/h4-26,46-47H,1-3H3. The Kier molecular flexibility index (Phi) is 7.43. The Hall–Kier alpha value is -5.51. The van der Waals surface area contributed by atoms with Crippen molar-refractivity contribution >= 4 is 54.2 Å². The fraction of sp³-hybridized carbons (Fsp3) is 0.0667. The first-order valence-electron chi connectivity index (χ1n) is 16.3. The van der Waals surface area contributed by atoms with Gasteiger partial charge in [0.15, 0.2) is 0 Å². The molecule has 0 unspecified atom stereocenters. The summed E-state index contributed by atoms with van der Waals surface area (Å²) in [5.74, 6) is 0. The third kappa shape index (κ3) is 5.17. The van der Waals surface area contributed by atoms with Gasteiger partial charge in [-0.25, -0.2) is 0 Å². The number of thioether (sulfide) groups is 1. The van der Waals surface area contributed by atoms with Crippen LogP contribution in [0.2, 0.25) is 0 Å². The molecule has 0 bridgehead atoms. The third-order valence-corrected chi connectivity index (χ3v) is 10.3. The molecule has 2 nitrogen and oxygen atoms in total. The van der Waals surface area contributed by atoms with Crippen LogP contribution < -0.4 is 0 Å². The summed E-state index contributed by atoms with van der Waals surface area (Å²) in [4.78, 5) is 0. The van der Waals surface area contributed by atoms with Crippen molar-refractivity contribution in [2.24, 2.45) is 0 Å². The van der Waals surface area contributed by atoms with Crippen LogP contribution in [0.25, 0.3) is 65.7 Å². The molecule has 0 aliphatic carbocycles. The minimum absolute atomic E-state index is 0.367. The van der Waals surface area contributed by atoms with Gasteiger partial charge in [-0.3, -0.25) is 10.8 Å². The number of rotatable bonds is 5. The van der Waals surface area contributed by atoms with Crippen LogP contribution in [0.1, 0.15) is 27.8 Å². The zero-order valence-corrected chi connectivity index (χ0v) is 28.0. The Morgan fingerprint density at radius 3 is 1.27 bits per heavy atom. The van der Waals surface area contributed by atoms with E-state index in [0.717, 1.165) is 33.0 Å². The lowest BCUT2D eigenvalue weighted by Gasteiger charge is -2.21. The SMILES string of the molecule is Cc1ccc(-c2cc(C(=N)SC(=N)c3ccccc3)c3ccc4c(-c5ccc(C)cc5)cc(-c5ccc(C)cc5)c5ccc2c3c45)cc1. The van der Waals surface area contributed by atoms with Gasteiger partial charge < -0.3 is 0 Å². The molecule has 8 aromatic rings. The van der Waals surface area contributed by atoms with Crippen LogP contribution in [0.4, 0.5) is 0 Å². The van der Waals surface area contributed by atoms with E-state index in [4.69, 9.17) is 5.41 Å². The monoisotopic (exact) mass is 634 g/mol. The highest BCUT2D eigenvalue weighted by molar-refractivity contribution is 8.27. The molecular formula is C45H34N2S. The molecule has 0 saturated heterocycles. The molecule has 0 spiro atoms. The van der Waals surface area contributed by atoms with Gasteiger partial charge in [-0.2, -0.15) is 0 Å². The Morgan fingerprint density at radius 1 is 0.417 bits per heavy atom. The smallest absolute Gasteiger partial charge is 0.101 e. The number of nitrogens with one attached hydrogen (secondary N) is 2. The molecule has 0 heterocycles. The van der Waals surface area contributed by atoms with Crippen LogP contribution in [0.5, 0.6) is 0 Å². The van der Waals surface area contributed by atoms with Gasteiger partial charge in [0, 0.05) is 11.1 Å². The van der Waals surface area contributed by atoms with E-state index in [9.17, 15) is 5.41 Å². The molecule has 8 rings (SSSR count). The lowest BCUT2D eigenvalue weighted by atomic mass is 9.82. The van der Waals surface area contributed by atoms with Crippen molar-refractivity contribution < 1.29 is 0 Å². The molecule has 3 heteroatoms. The molecule has 0 aliphatic heterocycles. The van der Waals surface area contributed by atoms with Gasteiger partial charge in [0.1, 0.15) is 10.1 Å². The van der Waals surface area contributed by atoms with E-state index < -0.39 is 0 Å². The molecule has 0 aliphatic rings. The first-order valence-corrected chi connectivity index (χ1v) is 17.1. The summed E-state index contributed by atoms with van der Waals surface area (Å²) < 4.78 is 0. The molecule has 0 atom stereocenters. The summed E-state index contributed by atoms with van der Waals surface area (Å²) in [6, 6.07) is 49.6. The summed E-state index contributed by atoms with van der Waals surface area (Å²) in [7, 11) is 0. The van der Waals surface area contributed by atoms with Gasteiger partial charge in [-0.1, -0.05) is 156 Å². The van der Waals surface area contributed by atoms with Gasteiger partial charge >= 0.3 is 0 Å². The van der Waals surface area contributed by atoms with Crippen LogP contribution in [0.3, 0.4) is 0 Å². The lowest BCUT2D eigenvalue weighted by molar-refractivity contribution is 1.47. The quantitative estimate of drug-likeness (QED) is 0.110. The van der Waals surface area contributed by atoms with Gasteiger partial charge in [0.05, 0.1) is 0 Å². The summed E-state index contributed by atoms with van der Waals surface area (Å²) >= 11 is 1.21. The maximum atomic E-state index is 9.43. The van der Waals surface area contributed by atoms with Gasteiger partial charge in [0.2, 0.25) is 0 Å². The van der Waals surface area contributed by atoms with Crippen LogP contribution >= 0.6 is 11.8 Å². The third-order valence-electron chi connectivity index (χ3n) is 9.47. The zero-order valence-electron chi connectivity index (χ0n) is 27.2. The highest BCUT2D eigenvalue weighted by Crippen LogP contribution is 2.47. The maximum absolute atomic E-state index is 9.43. The number of hydrogen-bond acceptors (Lipinski definition) is 3. The van der Waals surface area contributed by atoms with Crippen molar-refractivity contribution in [2.45, 2.75) is 20.8 Å². The predicted molar refractivity (Wildman–Crippen MR) is 208 cm³/mol. The topological polar surface area (TPSA) is 47.7 Å². The average Bonchev–Trinajstić information content (AvgIpc) is 3.11. The number of aryl methyl sites for hydroxylation is 3. The van der Waals surface area contributed by atoms with Crippen molar-refractivity contribution in [3.05, 3.63) is 167 Å². The van der Waals surface area contributed by atoms with E-state index >= 15 is 0 Å². The summed E-state index contributed by atoms with van der Waals surface area (Å²) in [6.07, 6.45) is 0. The van der Waals surface area contributed by atoms with E-state index in [2.05, 4.69) is 130 Å². The molecule has 0 saturated carbocycles. The van der Waals surface area contributed by atoms with E-state index in [1.807, 2.05) is 30.3 Å². The summed E-state index contributed by atoms with van der Waals surface area (Å²) in [5.41, 5.74) is 12.3. The molecule has 0 fully saturated rings. The van der Waals surface area contributed by atoms with Gasteiger partial charge in [0.25, 0.3) is 0 Å². The fourth-order valence-electron chi connectivity index (χ4n) is 6.90. The lowest BCUT2D eigenvalue weighted by Crippen LogP contribution is -2.03. The number of hydrogen-bond donors (Lipinski definition) is 2. The van der Waals surface area contributed by atoms with Crippen molar-refractivity contribution in [2.75, 3.05) is 0 Å². The number of benzene rings is 8. The van der Waals surface area contributed by atoms with E-state index in [1.54, 1.807) is 0 Å². The second kappa shape index (κ2) is 11.9. The van der Waals surface area contributed by atoms with Crippen LogP contribution in [0, 0.1) is 31.6 Å². The van der Waals surface area contributed by atoms with Crippen molar-refractivity contribution in [1.29, 1.82) is 10.8 Å². The van der Waals surface area contributed by atoms with Crippen LogP contribution in [0.15, 0.2) is 140 Å². The van der Waals surface area contributed by atoms with Gasteiger partial charge in [-0.15, -0.1) is 0 Å². The Labute approximate surface area is 285 Å². The predicted octanol–water partition coefficient (Wildman–Crippen LogP) is 12.6. The fourth-order valence-corrected chi connectivity index (χ4v) is 7.64. The Morgan fingerprint density at radius 2 is 0.812 bits per heavy atom. The van der Waals surface area contributed by atoms with Crippen molar-refractivity contribution in [1.82, 2.24) is 0 Å². The average molecular weight is 635 g/mol. The molecule has 0 amide bonds. The molecular weight excluding hydrogens is 601 g/mol.